The molecule has 172 valence electrons. The molecule has 8 heteroatoms. The second-order valence-electron chi connectivity index (χ2n) is 8.07. The molecule has 0 radical (unpaired) electrons. The van der Waals surface area contributed by atoms with Gasteiger partial charge in [-0.1, -0.05) is 48.5 Å². The van der Waals surface area contributed by atoms with Gasteiger partial charge in [0.1, 0.15) is 12.7 Å². The zero-order valence-corrected chi connectivity index (χ0v) is 18.5. The fourth-order valence-corrected chi connectivity index (χ4v) is 3.86. The molecule has 2 aliphatic rings. The van der Waals surface area contributed by atoms with Crippen molar-refractivity contribution in [3.8, 4) is 0 Å². The number of carbonyl (C=O) groups excluding carboxylic acids is 3. The van der Waals surface area contributed by atoms with E-state index in [1.165, 1.54) is 6.92 Å². The second-order valence-corrected chi connectivity index (χ2v) is 8.07. The van der Waals surface area contributed by atoms with E-state index in [9.17, 15) is 14.4 Å². The summed E-state index contributed by atoms with van der Waals surface area (Å²) >= 11 is 0. The van der Waals surface area contributed by atoms with Crippen LogP contribution in [0.3, 0.4) is 0 Å². The van der Waals surface area contributed by atoms with Gasteiger partial charge in [-0.15, -0.1) is 0 Å². The van der Waals surface area contributed by atoms with Crippen molar-refractivity contribution in [2.45, 2.75) is 26.1 Å². The van der Waals surface area contributed by atoms with Gasteiger partial charge < -0.3 is 19.7 Å². The van der Waals surface area contributed by atoms with E-state index in [-0.39, 0.29) is 24.7 Å². The highest BCUT2D eigenvalue weighted by molar-refractivity contribution is 5.90. The fraction of sp³-hybridized carbons (Fsp3) is 0.320. The van der Waals surface area contributed by atoms with Gasteiger partial charge in [0.25, 0.3) is 0 Å². The summed E-state index contributed by atoms with van der Waals surface area (Å²) in [7, 11) is 0. The first-order valence-corrected chi connectivity index (χ1v) is 11.0. The lowest BCUT2D eigenvalue weighted by Gasteiger charge is -2.26. The van der Waals surface area contributed by atoms with Crippen LogP contribution < -0.4 is 10.2 Å². The Morgan fingerprint density at radius 1 is 1.12 bits per heavy atom. The summed E-state index contributed by atoms with van der Waals surface area (Å²) in [4.78, 5) is 38.9. The van der Waals surface area contributed by atoms with Crippen LogP contribution in [0.2, 0.25) is 0 Å². The molecule has 2 aromatic rings. The molecule has 1 atom stereocenters. The van der Waals surface area contributed by atoms with Gasteiger partial charge in [0.05, 0.1) is 13.1 Å². The number of anilines is 1. The lowest BCUT2D eigenvalue weighted by atomic mass is 9.99. The molecule has 0 aliphatic carbocycles. The fourth-order valence-electron chi connectivity index (χ4n) is 3.86. The molecule has 8 nitrogen and oxygen atoms in total. The molecule has 1 N–H and O–H groups in total. The Morgan fingerprint density at radius 3 is 2.55 bits per heavy atom. The molecule has 0 saturated carbocycles. The van der Waals surface area contributed by atoms with Crippen LogP contribution in [0.1, 0.15) is 24.5 Å². The summed E-state index contributed by atoms with van der Waals surface area (Å²) in [6, 6.07) is 17.3. The molecule has 2 heterocycles. The summed E-state index contributed by atoms with van der Waals surface area (Å²) in [5, 5.41) is 2.67. The number of hydrogen-bond acceptors (Lipinski definition) is 5. The first-order valence-electron chi connectivity index (χ1n) is 11.0. The van der Waals surface area contributed by atoms with Gasteiger partial charge in [-0.3, -0.25) is 9.69 Å². The molecule has 1 fully saturated rings. The topological polar surface area (TPSA) is 88.2 Å². The van der Waals surface area contributed by atoms with Crippen LogP contribution in [0.4, 0.5) is 15.3 Å². The molecule has 0 unspecified atom stereocenters. The molecule has 2 aromatic carbocycles. The molecule has 2 aliphatic heterocycles. The summed E-state index contributed by atoms with van der Waals surface area (Å²) in [5.41, 5.74) is 3.92. The van der Waals surface area contributed by atoms with Crippen LogP contribution in [-0.4, -0.2) is 55.3 Å². The summed E-state index contributed by atoms with van der Waals surface area (Å²) < 4.78 is 10.7. The predicted octanol–water partition coefficient (Wildman–Crippen LogP) is 3.57. The van der Waals surface area contributed by atoms with Crippen LogP contribution >= 0.6 is 0 Å². The highest BCUT2D eigenvalue weighted by Gasteiger charge is 2.32. The monoisotopic (exact) mass is 449 g/mol. The third-order valence-electron chi connectivity index (χ3n) is 5.67. The molecular weight excluding hydrogens is 422 g/mol. The van der Waals surface area contributed by atoms with Crippen LogP contribution in [0.25, 0.3) is 5.57 Å². The Hall–Kier alpha value is -3.81. The number of hydrogen-bond donors (Lipinski definition) is 1. The van der Waals surface area contributed by atoms with Gasteiger partial charge in [-0.2, -0.15) is 0 Å². The number of ether oxygens (including phenoxy) is 2. The van der Waals surface area contributed by atoms with E-state index in [4.69, 9.17) is 9.47 Å². The second kappa shape index (κ2) is 10.2. The first kappa shape index (κ1) is 22.4. The average molecular weight is 450 g/mol. The molecule has 0 bridgehead atoms. The molecule has 0 spiro atoms. The van der Waals surface area contributed by atoms with Crippen LogP contribution in [0, 0.1) is 0 Å². The zero-order valence-electron chi connectivity index (χ0n) is 18.5. The molecule has 1 saturated heterocycles. The third kappa shape index (κ3) is 5.71. The van der Waals surface area contributed by atoms with E-state index in [0.717, 1.165) is 28.8 Å². The molecule has 3 amide bonds. The lowest BCUT2D eigenvalue weighted by Crippen LogP contribution is -2.35. The van der Waals surface area contributed by atoms with Crippen molar-refractivity contribution >= 4 is 29.4 Å². The Kier molecular flexibility index (Phi) is 6.92. The van der Waals surface area contributed by atoms with E-state index in [2.05, 4.69) is 5.32 Å². The Bertz CT molecular complexity index is 1040. The number of rotatable bonds is 6. The normalized spacial score (nSPS) is 17.9. The van der Waals surface area contributed by atoms with Crippen molar-refractivity contribution in [3.05, 3.63) is 71.8 Å². The number of amides is 3. The molecule has 0 aromatic heterocycles. The lowest BCUT2D eigenvalue weighted by molar-refractivity contribution is -0.119. The van der Waals surface area contributed by atoms with Gasteiger partial charge in [-0.25, -0.2) is 9.59 Å². The quantitative estimate of drug-likeness (QED) is 0.728. The van der Waals surface area contributed by atoms with Crippen molar-refractivity contribution in [1.29, 1.82) is 0 Å². The Balaban J connectivity index is 1.30. The number of nitrogens with one attached hydrogen (secondary N) is 1. The number of cyclic esters (lactones) is 1. The molecular formula is C25H27N3O5. The van der Waals surface area contributed by atoms with E-state index < -0.39 is 6.09 Å². The number of nitrogens with zero attached hydrogens (tertiary/aromatic N) is 2. The number of carbonyl (C=O) groups is 3. The van der Waals surface area contributed by atoms with Crippen molar-refractivity contribution in [1.82, 2.24) is 10.2 Å². The van der Waals surface area contributed by atoms with E-state index in [0.29, 0.717) is 26.2 Å². The van der Waals surface area contributed by atoms with Crippen LogP contribution in [0.5, 0.6) is 0 Å². The van der Waals surface area contributed by atoms with Gasteiger partial charge in [0.2, 0.25) is 5.91 Å². The SMILES string of the molecule is CC(=O)NC[C@H]1CN(c2ccc(C3=CCN(C(=O)OCc4ccccc4)CC3)cc2)C(=O)O1. The maximum absolute atomic E-state index is 12.3. The minimum atomic E-state index is -0.417. The van der Waals surface area contributed by atoms with E-state index >= 15 is 0 Å². The minimum Gasteiger partial charge on any atom is -0.445 e. The first-order chi connectivity index (χ1) is 16.0. The van der Waals surface area contributed by atoms with Crippen LogP contribution in [0.15, 0.2) is 60.7 Å². The highest BCUT2D eigenvalue weighted by atomic mass is 16.6. The maximum atomic E-state index is 12.3. The summed E-state index contributed by atoms with van der Waals surface area (Å²) in [6.45, 7) is 3.46. The van der Waals surface area contributed by atoms with Crippen molar-refractivity contribution in [2.75, 3.05) is 31.1 Å². The largest absolute Gasteiger partial charge is 0.445 e. The van der Waals surface area contributed by atoms with Gasteiger partial charge in [0.15, 0.2) is 0 Å². The zero-order chi connectivity index (χ0) is 23.2. The van der Waals surface area contributed by atoms with E-state index in [1.807, 2.05) is 60.7 Å². The molecule has 4 rings (SSSR count). The summed E-state index contributed by atoms with van der Waals surface area (Å²) in [5.74, 6) is -0.155. The van der Waals surface area contributed by atoms with Crippen molar-refractivity contribution in [2.24, 2.45) is 0 Å². The smallest absolute Gasteiger partial charge is 0.414 e. The third-order valence-corrected chi connectivity index (χ3v) is 5.67. The van der Waals surface area contributed by atoms with Crippen LogP contribution in [-0.2, 0) is 20.9 Å². The maximum Gasteiger partial charge on any atom is 0.414 e. The standard InChI is InChI=1S/C25H27N3O5/c1-18(29)26-15-23-16-28(25(31)33-23)22-9-7-20(8-10-22)21-11-13-27(14-12-21)24(30)32-17-19-5-3-2-4-6-19/h2-11,23H,12-17H2,1H3,(H,26,29)/t23-/m0/s1. The predicted molar refractivity (Wildman–Crippen MR) is 124 cm³/mol. The van der Waals surface area contributed by atoms with Gasteiger partial charge in [-0.05, 0) is 35.3 Å². The molecule has 33 heavy (non-hydrogen) atoms. The highest BCUT2D eigenvalue weighted by Crippen LogP contribution is 2.27. The Labute approximate surface area is 192 Å². The average Bonchev–Trinajstić information content (AvgIpc) is 3.22. The number of benzene rings is 2. The van der Waals surface area contributed by atoms with Gasteiger partial charge >= 0.3 is 12.2 Å². The van der Waals surface area contributed by atoms with Gasteiger partial charge in [0, 0.05) is 25.7 Å². The Morgan fingerprint density at radius 2 is 1.88 bits per heavy atom. The minimum absolute atomic E-state index is 0.155. The van der Waals surface area contributed by atoms with Crippen molar-refractivity contribution < 1.29 is 23.9 Å². The van der Waals surface area contributed by atoms with Crippen molar-refractivity contribution in [3.63, 3.8) is 0 Å². The summed E-state index contributed by atoms with van der Waals surface area (Å²) in [6.07, 6.45) is 1.67. The van der Waals surface area contributed by atoms with E-state index in [1.54, 1.807) is 9.80 Å².